The molecule has 0 spiro atoms. The number of nitrogens with one attached hydrogen (secondary N) is 1. The molecule has 2 rings (SSSR count). The predicted molar refractivity (Wildman–Crippen MR) is 65.0 cm³/mol. The number of likely N-dealkylation sites (N-methyl/N-ethyl adjacent to an activating group) is 1. The molecular formula is C12H13N3O3. The number of hydrogen-bond donors (Lipinski definition) is 1. The lowest BCUT2D eigenvalue weighted by Crippen LogP contribution is -2.41. The maximum Gasteiger partial charge on any atom is 0.325 e. The molecular weight excluding hydrogens is 234 g/mol. The van der Waals surface area contributed by atoms with Gasteiger partial charge in [0, 0.05) is 12.7 Å². The normalized spacial score (nSPS) is 14.6. The standard InChI is InChI=1S/C12H13N3O3/c1-14(9-5-3-2-4-6-9)11(17)8-15-10(16)7-13-12(15)18/h2-6H,7-8H2,1H3,(H,13,18). The molecule has 1 N–H and O–H groups in total. The van der Waals surface area contributed by atoms with Crippen LogP contribution in [-0.4, -0.2) is 42.9 Å². The Morgan fingerprint density at radius 3 is 2.56 bits per heavy atom. The van der Waals surface area contributed by atoms with Crippen LogP contribution in [-0.2, 0) is 9.59 Å². The van der Waals surface area contributed by atoms with E-state index in [0.717, 1.165) is 10.6 Å². The molecule has 1 aromatic carbocycles. The van der Waals surface area contributed by atoms with E-state index in [2.05, 4.69) is 5.32 Å². The minimum atomic E-state index is -0.519. The van der Waals surface area contributed by atoms with Crippen molar-refractivity contribution in [2.24, 2.45) is 0 Å². The quantitative estimate of drug-likeness (QED) is 0.776. The first-order chi connectivity index (χ1) is 8.59. The van der Waals surface area contributed by atoms with Crippen LogP contribution in [0.2, 0.25) is 0 Å². The van der Waals surface area contributed by atoms with Crippen LogP contribution >= 0.6 is 0 Å². The van der Waals surface area contributed by atoms with Gasteiger partial charge in [0.15, 0.2) is 0 Å². The van der Waals surface area contributed by atoms with Gasteiger partial charge in [0.1, 0.15) is 6.54 Å². The van der Waals surface area contributed by atoms with Gasteiger partial charge in [-0.2, -0.15) is 0 Å². The molecule has 0 radical (unpaired) electrons. The SMILES string of the molecule is CN(C(=O)CN1C(=O)CNC1=O)c1ccccc1. The number of carbonyl (C=O) groups excluding carboxylic acids is 3. The van der Waals surface area contributed by atoms with Gasteiger partial charge >= 0.3 is 6.03 Å². The molecule has 1 aliphatic rings. The van der Waals surface area contributed by atoms with E-state index in [1.54, 1.807) is 19.2 Å². The van der Waals surface area contributed by atoms with Gasteiger partial charge in [-0.05, 0) is 12.1 Å². The van der Waals surface area contributed by atoms with Crippen molar-refractivity contribution in [3.8, 4) is 0 Å². The van der Waals surface area contributed by atoms with Gasteiger partial charge in [0.05, 0.1) is 6.54 Å². The largest absolute Gasteiger partial charge is 0.329 e. The molecule has 1 heterocycles. The number of anilines is 1. The first kappa shape index (κ1) is 12.1. The summed E-state index contributed by atoms with van der Waals surface area (Å²) in [6, 6.07) is 8.52. The zero-order valence-electron chi connectivity index (χ0n) is 9.92. The van der Waals surface area contributed by atoms with Gasteiger partial charge in [-0.15, -0.1) is 0 Å². The third kappa shape index (κ3) is 2.32. The number of amides is 4. The highest BCUT2D eigenvalue weighted by Crippen LogP contribution is 2.12. The van der Waals surface area contributed by atoms with E-state index in [4.69, 9.17) is 0 Å². The van der Waals surface area contributed by atoms with Crippen molar-refractivity contribution in [1.82, 2.24) is 10.2 Å². The third-order valence-corrected chi connectivity index (χ3v) is 2.75. The molecule has 0 aliphatic carbocycles. The zero-order valence-corrected chi connectivity index (χ0v) is 9.92. The molecule has 0 bridgehead atoms. The molecule has 0 aromatic heterocycles. The number of imide groups is 1. The molecule has 0 saturated carbocycles. The number of carbonyl (C=O) groups is 3. The number of urea groups is 1. The molecule has 0 unspecified atom stereocenters. The Hall–Kier alpha value is -2.37. The summed E-state index contributed by atoms with van der Waals surface area (Å²) in [7, 11) is 1.61. The molecule has 1 saturated heterocycles. The monoisotopic (exact) mass is 247 g/mol. The second-order valence-corrected chi connectivity index (χ2v) is 3.93. The van der Waals surface area contributed by atoms with Crippen LogP contribution in [0.4, 0.5) is 10.5 Å². The fraction of sp³-hybridized carbons (Fsp3) is 0.250. The summed E-state index contributed by atoms with van der Waals surface area (Å²) >= 11 is 0. The Morgan fingerprint density at radius 2 is 2.00 bits per heavy atom. The lowest BCUT2D eigenvalue weighted by molar-refractivity contribution is -0.129. The Bertz CT molecular complexity index is 471. The fourth-order valence-electron chi connectivity index (χ4n) is 1.65. The molecule has 4 amide bonds. The summed E-state index contributed by atoms with van der Waals surface area (Å²) in [5.41, 5.74) is 0.717. The average Bonchev–Trinajstić information content (AvgIpc) is 2.70. The minimum absolute atomic E-state index is 0.0405. The van der Waals surface area contributed by atoms with Gasteiger partial charge in [-0.1, -0.05) is 18.2 Å². The highest BCUT2D eigenvalue weighted by Gasteiger charge is 2.31. The van der Waals surface area contributed by atoms with Crippen molar-refractivity contribution in [3.63, 3.8) is 0 Å². The summed E-state index contributed by atoms with van der Waals surface area (Å²) < 4.78 is 0. The molecule has 0 atom stereocenters. The number of nitrogens with zero attached hydrogens (tertiary/aromatic N) is 2. The average molecular weight is 247 g/mol. The first-order valence-corrected chi connectivity index (χ1v) is 5.49. The highest BCUT2D eigenvalue weighted by atomic mass is 16.2. The molecule has 1 aromatic rings. The van der Waals surface area contributed by atoms with Gasteiger partial charge in [-0.3, -0.25) is 14.5 Å². The molecule has 1 fully saturated rings. The maximum absolute atomic E-state index is 11.9. The second kappa shape index (κ2) is 4.87. The van der Waals surface area contributed by atoms with Crippen molar-refractivity contribution in [2.75, 3.05) is 25.0 Å². The van der Waals surface area contributed by atoms with E-state index < -0.39 is 6.03 Å². The molecule has 6 heteroatoms. The van der Waals surface area contributed by atoms with Crippen LogP contribution in [0.5, 0.6) is 0 Å². The predicted octanol–water partition coefficient (Wildman–Crippen LogP) is 0.201. The van der Waals surface area contributed by atoms with Crippen LogP contribution in [0.3, 0.4) is 0 Å². The van der Waals surface area contributed by atoms with Crippen molar-refractivity contribution in [2.45, 2.75) is 0 Å². The van der Waals surface area contributed by atoms with Crippen molar-refractivity contribution < 1.29 is 14.4 Å². The van der Waals surface area contributed by atoms with Crippen molar-refractivity contribution >= 4 is 23.5 Å². The molecule has 1 aliphatic heterocycles. The topological polar surface area (TPSA) is 69.7 Å². The van der Waals surface area contributed by atoms with Crippen LogP contribution in [0, 0.1) is 0 Å². The smallest absolute Gasteiger partial charge is 0.325 e. The van der Waals surface area contributed by atoms with Crippen LogP contribution in [0.15, 0.2) is 30.3 Å². The number of benzene rings is 1. The summed E-state index contributed by atoms with van der Waals surface area (Å²) in [6.07, 6.45) is 0. The maximum atomic E-state index is 11.9. The molecule has 94 valence electrons. The van der Waals surface area contributed by atoms with Gasteiger partial charge in [-0.25, -0.2) is 4.79 Å². The Kier molecular flexibility index (Phi) is 3.27. The lowest BCUT2D eigenvalue weighted by atomic mass is 10.3. The van der Waals surface area contributed by atoms with E-state index in [0.29, 0.717) is 0 Å². The van der Waals surface area contributed by atoms with E-state index in [-0.39, 0.29) is 24.9 Å². The lowest BCUT2D eigenvalue weighted by Gasteiger charge is -2.20. The Balaban J connectivity index is 2.04. The van der Waals surface area contributed by atoms with E-state index in [9.17, 15) is 14.4 Å². The van der Waals surface area contributed by atoms with Crippen molar-refractivity contribution in [3.05, 3.63) is 30.3 Å². The van der Waals surface area contributed by atoms with E-state index >= 15 is 0 Å². The Labute approximate surface area is 104 Å². The van der Waals surface area contributed by atoms with Gasteiger partial charge < -0.3 is 10.2 Å². The summed E-state index contributed by atoms with van der Waals surface area (Å²) in [5.74, 6) is -0.693. The summed E-state index contributed by atoms with van der Waals surface area (Å²) in [4.78, 5) is 36.9. The van der Waals surface area contributed by atoms with Gasteiger partial charge in [0.2, 0.25) is 5.91 Å². The minimum Gasteiger partial charge on any atom is -0.329 e. The highest BCUT2D eigenvalue weighted by molar-refractivity contribution is 6.06. The van der Waals surface area contributed by atoms with E-state index in [1.807, 2.05) is 18.2 Å². The number of para-hydroxylation sites is 1. The number of hydrogen-bond acceptors (Lipinski definition) is 3. The third-order valence-electron chi connectivity index (χ3n) is 2.75. The summed E-state index contributed by atoms with van der Waals surface area (Å²) in [5, 5.41) is 2.37. The van der Waals surface area contributed by atoms with Crippen LogP contribution in [0.25, 0.3) is 0 Å². The van der Waals surface area contributed by atoms with Gasteiger partial charge in [0.25, 0.3) is 5.91 Å². The second-order valence-electron chi connectivity index (χ2n) is 3.93. The van der Waals surface area contributed by atoms with Crippen LogP contribution in [0.1, 0.15) is 0 Å². The fourth-order valence-corrected chi connectivity index (χ4v) is 1.65. The number of rotatable bonds is 3. The Morgan fingerprint density at radius 1 is 1.33 bits per heavy atom. The zero-order chi connectivity index (χ0) is 13.1. The first-order valence-electron chi connectivity index (χ1n) is 5.49. The molecule has 6 nitrogen and oxygen atoms in total. The summed E-state index contributed by atoms with van der Waals surface area (Å²) in [6.45, 7) is -0.281. The van der Waals surface area contributed by atoms with Crippen LogP contribution < -0.4 is 10.2 Å². The van der Waals surface area contributed by atoms with Crippen molar-refractivity contribution in [1.29, 1.82) is 0 Å². The molecule has 18 heavy (non-hydrogen) atoms. The van der Waals surface area contributed by atoms with E-state index in [1.165, 1.54) is 4.90 Å².